The van der Waals surface area contributed by atoms with Crippen LogP contribution in [0.2, 0.25) is 0 Å². The number of carbonyl (C=O) groups excluding carboxylic acids is 1. The van der Waals surface area contributed by atoms with E-state index in [-0.39, 0.29) is 35.5 Å². The second-order valence-corrected chi connectivity index (χ2v) is 3.79. The first kappa shape index (κ1) is 18.3. The van der Waals surface area contributed by atoms with E-state index in [1.807, 2.05) is 0 Å². The van der Waals surface area contributed by atoms with Crippen molar-refractivity contribution in [2.24, 2.45) is 0 Å². The monoisotopic (exact) mass is 239 g/mol. The average molecular weight is 239 g/mol. The summed E-state index contributed by atoms with van der Waals surface area (Å²) in [4.78, 5) is 21.7. The third-order valence-corrected chi connectivity index (χ3v) is 2.26. The Balaban J connectivity index is 0. The minimum atomic E-state index is -0.991. The van der Waals surface area contributed by atoms with Gasteiger partial charge in [0.2, 0.25) is 5.91 Å². The van der Waals surface area contributed by atoms with Gasteiger partial charge in [-0.15, -0.1) is 0 Å². The number of carbonyl (C=O) groups is 2. The van der Waals surface area contributed by atoms with Gasteiger partial charge in [-0.05, 0) is 13.3 Å². The van der Waals surface area contributed by atoms with Gasteiger partial charge in [0.1, 0.15) is 6.04 Å². The van der Waals surface area contributed by atoms with Gasteiger partial charge in [0, 0.05) is 6.42 Å². The van der Waals surface area contributed by atoms with Crippen LogP contribution in [0.1, 0.15) is 52.4 Å². The molecule has 0 fully saturated rings. The first-order chi connectivity index (χ1) is 7.07. The Kier molecular flexibility index (Phi) is 13.1. The molecule has 1 atom stereocenters. The van der Waals surface area contributed by atoms with Crippen LogP contribution in [0.25, 0.3) is 0 Å². The molecule has 0 heterocycles. The van der Waals surface area contributed by atoms with Gasteiger partial charge in [-0.3, -0.25) is 9.59 Å². The summed E-state index contributed by atoms with van der Waals surface area (Å²) in [7, 11) is 0. The molecule has 0 saturated heterocycles. The molecule has 1 amide bonds. The molecule has 90 valence electrons. The standard InChI is InChI=1S/C11H21NO3.Na.H/c1-3-4-5-6-7-8-10(13)12-9(2)11(14)15;;/h9H,3-8H2,1-2H3,(H,12,13)(H,14,15);;/t9-;;/m0../s1. The van der Waals surface area contributed by atoms with Crippen LogP contribution in [0.3, 0.4) is 0 Å². The second kappa shape index (κ2) is 11.4. The van der Waals surface area contributed by atoms with Gasteiger partial charge in [-0.2, -0.15) is 0 Å². The Hall–Kier alpha value is -0.0600. The molecule has 0 spiro atoms. The molecule has 0 aliphatic carbocycles. The van der Waals surface area contributed by atoms with Crippen molar-refractivity contribution in [3.63, 3.8) is 0 Å². The van der Waals surface area contributed by atoms with Crippen molar-refractivity contribution in [1.82, 2.24) is 5.32 Å². The van der Waals surface area contributed by atoms with E-state index >= 15 is 0 Å². The number of nitrogens with one attached hydrogen (secondary N) is 1. The summed E-state index contributed by atoms with van der Waals surface area (Å²) >= 11 is 0. The number of aliphatic carboxylic acids is 1. The number of hydrogen-bond donors (Lipinski definition) is 2. The molecule has 0 bridgehead atoms. The van der Waals surface area contributed by atoms with E-state index in [1.165, 1.54) is 19.8 Å². The molecule has 0 radical (unpaired) electrons. The normalized spacial score (nSPS) is 11.4. The summed E-state index contributed by atoms with van der Waals surface area (Å²) in [6.45, 7) is 3.61. The fourth-order valence-corrected chi connectivity index (χ4v) is 1.26. The van der Waals surface area contributed by atoms with Crippen molar-refractivity contribution in [1.29, 1.82) is 0 Å². The van der Waals surface area contributed by atoms with E-state index in [0.29, 0.717) is 6.42 Å². The van der Waals surface area contributed by atoms with Crippen LogP contribution >= 0.6 is 0 Å². The fraction of sp³-hybridized carbons (Fsp3) is 0.818. The average Bonchev–Trinajstić information content (AvgIpc) is 2.17. The Morgan fingerprint density at radius 2 is 1.75 bits per heavy atom. The first-order valence-electron chi connectivity index (χ1n) is 5.60. The SMILES string of the molecule is CCCCCCCC(=O)N[C@@H](C)C(=O)O.[NaH]. The zero-order valence-corrected chi connectivity index (χ0v) is 9.58. The van der Waals surface area contributed by atoms with Crippen LogP contribution < -0.4 is 5.32 Å². The zero-order chi connectivity index (χ0) is 11.7. The molecule has 16 heavy (non-hydrogen) atoms. The fourth-order valence-electron chi connectivity index (χ4n) is 1.26. The molecule has 2 N–H and O–H groups in total. The molecule has 0 aromatic carbocycles. The summed E-state index contributed by atoms with van der Waals surface area (Å²) in [5.74, 6) is -1.16. The van der Waals surface area contributed by atoms with Gasteiger partial charge in [-0.25, -0.2) is 0 Å². The van der Waals surface area contributed by atoms with Crippen LogP contribution in [0.4, 0.5) is 0 Å². The molecule has 5 heteroatoms. The van der Waals surface area contributed by atoms with Crippen LogP contribution in [0.15, 0.2) is 0 Å². The molecule has 4 nitrogen and oxygen atoms in total. The van der Waals surface area contributed by atoms with Gasteiger partial charge >= 0.3 is 35.5 Å². The van der Waals surface area contributed by atoms with E-state index in [0.717, 1.165) is 19.3 Å². The van der Waals surface area contributed by atoms with Crippen molar-refractivity contribution < 1.29 is 14.7 Å². The Morgan fingerprint density at radius 1 is 1.19 bits per heavy atom. The summed E-state index contributed by atoms with van der Waals surface area (Å²) in [5.41, 5.74) is 0. The van der Waals surface area contributed by atoms with Gasteiger partial charge in [0.15, 0.2) is 0 Å². The van der Waals surface area contributed by atoms with Gasteiger partial charge < -0.3 is 10.4 Å². The maximum absolute atomic E-state index is 11.2. The number of unbranched alkanes of at least 4 members (excludes halogenated alkanes) is 4. The number of carboxylic acids is 1. The van der Waals surface area contributed by atoms with E-state index in [2.05, 4.69) is 12.2 Å². The van der Waals surface area contributed by atoms with Crippen molar-refractivity contribution in [3.05, 3.63) is 0 Å². The number of carboxylic acid groups (broad SMARTS) is 1. The molecule has 0 aromatic heterocycles. The second-order valence-electron chi connectivity index (χ2n) is 3.79. The molecular weight excluding hydrogens is 217 g/mol. The van der Waals surface area contributed by atoms with Gasteiger partial charge in [0.25, 0.3) is 0 Å². The van der Waals surface area contributed by atoms with Crippen molar-refractivity contribution >= 4 is 41.4 Å². The van der Waals surface area contributed by atoms with E-state index < -0.39 is 12.0 Å². The van der Waals surface area contributed by atoms with Gasteiger partial charge in [-0.1, -0.05) is 32.6 Å². The summed E-state index contributed by atoms with van der Waals surface area (Å²) < 4.78 is 0. The van der Waals surface area contributed by atoms with Crippen molar-refractivity contribution in [2.45, 2.75) is 58.4 Å². The summed E-state index contributed by atoms with van der Waals surface area (Å²) in [5, 5.41) is 11.0. The molecular formula is C11H22NNaO3. The zero-order valence-electron chi connectivity index (χ0n) is 9.58. The van der Waals surface area contributed by atoms with Crippen molar-refractivity contribution in [2.75, 3.05) is 0 Å². The molecule has 0 rings (SSSR count). The number of hydrogen-bond acceptors (Lipinski definition) is 2. The summed E-state index contributed by atoms with van der Waals surface area (Å²) in [6, 6.07) is -0.784. The molecule has 0 aliphatic heterocycles. The van der Waals surface area contributed by atoms with Crippen molar-refractivity contribution in [3.8, 4) is 0 Å². The van der Waals surface area contributed by atoms with E-state index in [1.54, 1.807) is 0 Å². The molecule has 0 aliphatic rings. The number of rotatable bonds is 8. The topological polar surface area (TPSA) is 66.4 Å². The molecule has 0 aromatic rings. The third kappa shape index (κ3) is 10.5. The Bertz CT molecular complexity index is 209. The van der Waals surface area contributed by atoms with Crippen LogP contribution in [-0.4, -0.2) is 52.6 Å². The Labute approximate surface area is 119 Å². The molecule has 0 unspecified atom stereocenters. The van der Waals surface area contributed by atoms with Gasteiger partial charge in [0.05, 0.1) is 0 Å². The summed E-state index contributed by atoms with van der Waals surface area (Å²) in [6.07, 6.45) is 5.86. The minimum absolute atomic E-state index is 0. The third-order valence-electron chi connectivity index (χ3n) is 2.26. The Morgan fingerprint density at radius 3 is 2.25 bits per heavy atom. The van der Waals surface area contributed by atoms with Crippen LogP contribution in [0, 0.1) is 0 Å². The predicted molar refractivity (Wildman–Crippen MR) is 65.8 cm³/mol. The quantitative estimate of drug-likeness (QED) is 0.495. The van der Waals surface area contributed by atoms with E-state index in [4.69, 9.17) is 5.11 Å². The predicted octanol–water partition coefficient (Wildman–Crippen LogP) is 1.29. The maximum atomic E-state index is 11.2. The van der Waals surface area contributed by atoms with Crippen LogP contribution in [-0.2, 0) is 9.59 Å². The first-order valence-corrected chi connectivity index (χ1v) is 5.60. The molecule has 0 saturated carbocycles. The number of amides is 1. The van der Waals surface area contributed by atoms with E-state index in [9.17, 15) is 9.59 Å². The van der Waals surface area contributed by atoms with Crippen LogP contribution in [0.5, 0.6) is 0 Å².